The molecule has 0 spiro atoms. The van der Waals surface area contributed by atoms with Crippen molar-refractivity contribution in [2.75, 3.05) is 33.2 Å². The van der Waals surface area contributed by atoms with Crippen molar-refractivity contribution in [2.24, 2.45) is 5.92 Å². The second kappa shape index (κ2) is 5.02. The quantitative estimate of drug-likeness (QED) is 0.723. The molecule has 16 heavy (non-hydrogen) atoms. The lowest BCUT2D eigenvalue weighted by Gasteiger charge is -2.39. The number of hydrogen-bond donors (Lipinski definition) is 0. The SMILES string of the molecule is CC1CN(C)CCN1CC(C#N)C(F)(F)F. The lowest BCUT2D eigenvalue weighted by molar-refractivity contribution is -0.165. The molecule has 0 aliphatic carbocycles. The van der Waals surface area contributed by atoms with Gasteiger partial charge in [0.2, 0.25) is 0 Å². The normalized spacial score (nSPS) is 26.4. The maximum atomic E-state index is 12.4. The van der Waals surface area contributed by atoms with Crippen LogP contribution >= 0.6 is 0 Å². The fourth-order valence-corrected chi connectivity index (χ4v) is 1.90. The first kappa shape index (κ1) is 13.3. The van der Waals surface area contributed by atoms with E-state index < -0.39 is 12.1 Å². The molecule has 1 heterocycles. The van der Waals surface area contributed by atoms with E-state index in [1.807, 2.05) is 14.0 Å². The number of nitriles is 1. The average Bonchev–Trinajstić information content (AvgIpc) is 2.14. The number of rotatable bonds is 2. The van der Waals surface area contributed by atoms with E-state index >= 15 is 0 Å². The number of nitrogens with zero attached hydrogens (tertiary/aromatic N) is 3. The number of piperazine rings is 1. The van der Waals surface area contributed by atoms with E-state index in [1.54, 1.807) is 4.90 Å². The van der Waals surface area contributed by atoms with Gasteiger partial charge in [-0.15, -0.1) is 0 Å². The van der Waals surface area contributed by atoms with Crippen molar-refractivity contribution in [1.29, 1.82) is 5.26 Å². The smallest absolute Gasteiger partial charge is 0.304 e. The monoisotopic (exact) mass is 235 g/mol. The van der Waals surface area contributed by atoms with Gasteiger partial charge in [-0.25, -0.2) is 0 Å². The van der Waals surface area contributed by atoms with E-state index in [0.717, 1.165) is 13.1 Å². The Balaban J connectivity index is 2.57. The molecule has 2 atom stereocenters. The predicted molar refractivity (Wildman–Crippen MR) is 53.7 cm³/mol. The zero-order chi connectivity index (χ0) is 12.3. The standard InChI is InChI=1S/C10H16F3N3/c1-8-6-15(2)3-4-16(8)7-9(5-14)10(11,12)13/h8-9H,3-4,6-7H2,1-2H3. The van der Waals surface area contributed by atoms with Crippen LogP contribution in [0.15, 0.2) is 0 Å². The van der Waals surface area contributed by atoms with Crippen molar-refractivity contribution < 1.29 is 13.2 Å². The first-order chi connectivity index (χ1) is 7.34. The highest BCUT2D eigenvalue weighted by Gasteiger charge is 2.41. The summed E-state index contributed by atoms with van der Waals surface area (Å²) in [5.74, 6) is -1.88. The highest BCUT2D eigenvalue weighted by Crippen LogP contribution is 2.27. The molecule has 0 aromatic carbocycles. The van der Waals surface area contributed by atoms with Crippen LogP contribution in [0.4, 0.5) is 13.2 Å². The number of halogens is 3. The first-order valence-electron chi connectivity index (χ1n) is 5.23. The van der Waals surface area contributed by atoms with Crippen molar-refractivity contribution in [3.8, 4) is 6.07 Å². The van der Waals surface area contributed by atoms with Gasteiger partial charge in [-0.05, 0) is 14.0 Å². The van der Waals surface area contributed by atoms with Gasteiger partial charge in [-0.2, -0.15) is 18.4 Å². The maximum absolute atomic E-state index is 12.4. The van der Waals surface area contributed by atoms with Gasteiger partial charge in [-0.3, -0.25) is 4.90 Å². The molecule has 1 aliphatic heterocycles. The van der Waals surface area contributed by atoms with Gasteiger partial charge >= 0.3 is 6.18 Å². The fourth-order valence-electron chi connectivity index (χ4n) is 1.90. The fraction of sp³-hybridized carbons (Fsp3) is 0.900. The Bertz CT molecular complexity index is 271. The molecule has 0 N–H and O–H groups in total. The lowest BCUT2D eigenvalue weighted by atomic mass is 10.1. The molecule has 0 bridgehead atoms. The zero-order valence-corrected chi connectivity index (χ0v) is 9.46. The molecular formula is C10H16F3N3. The summed E-state index contributed by atoms with van der Waals surface area (Å²) in [4.78, 5) is 3.82. The second-order valence-corrected chi connectivity index (χ2v) is 4.33. The van der Waals surface area contributed by atoms with E-state index in [2.05, 4.69) is 4.90 Å². The van der Waals surface area contributed by atoms with Crippen molar-refractivity contribution in [1.82, 2.24) is 9.80 Å². The van der Waals surface area contributed by atoms with Gasteiger partial charge in [0.1, 0.15) is 0 Å². The lowest BCUT2D eigenvalue weighted by Crippen LogP contribution is -2.52. The first-order valence-corrected chi connectivity index (χ1v) is 5.23. The van der Waals surface area contributed by atoms with E-state index in [1.165, 1.54) is 6.07 Å². The summed E-state index contributed by atoms with van der Waals surface area (Å²) in [5.41, 5.74) is 0. The van der Waals surface area contributed by atoms with Crippen molar-refractivity contribution in [3.63, 3.8) is 0 Å². The summed E-state index contributed by atoms with van der Waals surface area (Å²) in [5, 5.41) is 8.52. The van der Waals surface area contributed by atoms with E-state index in [0.29, 0.717) is 6.54 Å². The van der Waals surface area contributed by atoms with Crippen LogP contribution in [0.1, 0.15) is 6.92 Å². The minimum Gasteiger partial charge on any atom is -0.304 e. The Labute approximate surface area is 93.4 Å². The molecule has 0 saturated carbocycles. The molecule has 0 aromatic rings. The number of likely N-dealkylation sites (N-methyl/N-ethyl adjacent to an activating group) is 1. The van der Waals surface area contributed by atoms with Gasteiger partial charge < -0.3 is 4.90 Å². The Kier molecular flexibility index (Phi) is 4.16. The summed E-state index contributed by atoms with van der Waals surface area (Å²) >= 11 is 0. The molecule has 0 amide bonds. The van der Waals surface area contributed by atoms with Gasteiger partial charge in [0.15, 0.2) is 5.92 Å². The molecule has 92 valence electrons. The largest absolute Gasteiger partial charge is 0.405 e. The van der Waals surface area contributed by atoms with Crippen molar-refractivity contribution in [2.45, 2.75) is 19.1 Å². The Hall–Kier alpha value is -0.800. The Morgan fingerprint density at radius 1 is 1.44 bits per heavy atom. The Morgan fingerprint density at radius 3 is 2.50 bits per heavy atom. The highest BCUT2D eigenvalue weighted by atomic mass is 19.4. The van der Waals surface area contributed by atoms with Crippen LogP contribution in [0.3, 0.4) is 0 Å². The molecule has 1 saturated heterocycles. The molecule has 1 fully saturated rings. The molecule has 6 heteroatoms. The van der Waals surface area contributed by atoms with Crippen LogP contribution in [0.5, 0.6) is 0 Å². The third-order valence-electron chi connectivity index (χ3n) is 2.94. The second-order valence-electron chi connectivity index (χ2n) is 4.33. The number of hydrogen-bond acceptors (Lipinski definition) is 3. The minimum atomic E-state index is -4.42. The van der Waals surface area contributed by atoms with E-state index in [-0.39, 0.29) is 12.6 Å². The molecular weight excluding hydrogens is 219 g/mol. The van der Waals surface area contributed by atoms with Crippen molar-refractivity contribution >= 4 is 0 Å². The third kappa shape index (κ3) is 3.35. The summed E-state index contributed by atoms with van der Waals surface area (Å²) in [6.45, 7) is 3.76. The van der Waals surface area contributed by atoms with Gasteiger partial charge in [0, 0.05) is 32.2 Å². The van der Waals surface area contributed by atoms with E-state index in [4.69, 9.17) is 5.26 Å². The van der Waals surface area contributed by atoms with Crippen LogP contribution in [0.2, 0.25) is 0 Å². The number of alkyl halides is 3. The van der Waals surface area contributed by atoms with Crippen LogP contribution < -0.4 is 0 Å². The third-order valence-corrected chi connectivity index (χ3v) is 2.94. The zero-order valence-electron chi connectivity index (χ0n) is 9.46. The summed E-state index contributed by atoms with van der Waals surface area (Å²) < 4.78 is 37.3. The van der Waals surface area contributed by atoms with Crippen LogP contribution in [0, 0.1) is 17.2 Å². The van der Waals surface area contributed by atoms with Crippen LogP contribution in [-0.2, 0) is 0 Å². The average molecular weight is 235 g/mol. The molecule has 1 rings (SSSR count). The summed E-state index contributed by atoms with van der Waals surface area (Å²) in [7, 11) is 1.94. The Morgan fingerprint density at radius 2 is 2.06 bits per heavy atom. The van der Waals surface area contributed by atoms with Crippen LogP contribution in [0.25, 0.3) is 0 Å². The van der Waals surface area contributed by atoms with Crippen molar-refractivity contribution in [3.05, 3.63) is 0 Å². The summed E-state index contributed by atoms with van der Waals surface area (Å²) in [6.07, 6.45) is -4.42. The molecule has 0 radical (unpaired) electrons. The molecule has 0 aromatic heterocycles. The van der Waals surface area contributed by atoms with Gasteiger partial charge in [-0.1, -0.05) is 0 Å². The van der Waals surface area contributed by atoms with E-state index in [9.17, 15) is 13.2 Å². The molecule has 3 nitrogen and oxygen atoms in total. The topological polar surface area (TPSA) is 30.3 Å². The predicted octanol–water partition coefficient (Wildman–Crippen LogP) is 1.32. The summed E-state index contributed by atoms with van der Waals surface area (Å²) in [6, 6.07) is 1.41. The highest BCUT2D eigenvalue weighted by molar-refractivity contribution is 4.92. The van der Waals surface area contributed by atoms with Crippen LogP contribution in [-0.4, -0.2) is 55.2 Å². The van der Waals surface area contributed by atoms with Gasteiger partial charge in [0.05, 0.1) is 6.07 Å². The molecule has 1 aliphatic rings. The minimum absolute atomic E-state index is 0.0666. The molecule has 2 unspecified atom stereocenters. The maximum Gasteiger partial charge on any atom is 0.405 e. The van der Waals surface area contributed by atoms with Gasteiger partial charge in [0.25, 0.3) is 0 Å².